The lowest BCUT2D eigenvalue weighted by Gasteiger charge is -1.89. The summed E-state index contributed by atoms with van der Waals surface area (Å²) in [5, 5.41) is 0.577. The van der Waals surface area contributed by atoms with Crippen LogP contribution in [0.2, 0.25) is 0 Å². The lowest BCUT2D eigenvalue weighted by atomic mass is 10.6. The Morgan fingerprint density at radius 1 is 1.62 bits per heavy atom. The van der Waals surface area contributed by atoms with Gasteiger partial charge in [0.1, 0.15) is 4.88 Å². The Morgan fingerprint density at radius 2 is 2.38 bits per heavy atom. The standard InChI is InChI=1S/C10H9NO3S2/c1-7(12)15-5-3-4-9-11-6-8(16-9)10(13)14-2/h6H,5H2,1-2H3. The molecular formula is C10H9NO3S2. The fourth-order valence-corrected chi connectivity index (χ4v) is 1.83. The Hall–Kier alpha value is -1.32. The van der Waals surface area contributed by atoms with Gasteiger partial charge in [-0.2, -0.15) is 0 Å². The minimum absolute atomic E-state index is 0.0312. The molecule has 1 rings (SSSR count). The number of hydrogen-bond acceptors (Lipinski definition) is 6. The van der Waals surface area contributed by atoms with Crippen LogP contribution >= 0.6 is 23.1 Å². The molecule has 0 spiro atoms. The van der Waals surface area contributed by atoms with Crippen LogP contribution in [0.1, 0.15) is 21.6 Å². The Bertz CT molecular complexity index is 456. The van der Waals surface area contributed by atoms with Gasteiger partial charge in [-0.3, -0.25) is 4.79 Å². The van der Waals surface area contributed by atoms with Gasteiger partial charge in [-0.05, 0) is 5.92 Å². The molecule has 1 aromatic rings. The highest BCUT2D eigenvalue weighted by Crippen LogP contribution is 2.12. The van der Waals surface area contributed by atoms with Crippen molar-refractivity contribution in [3.05, 3.63) is 16.1 Å². The van der Waals surface area contributed by atoms with Crippen LogP contribution in [0.15, 0.2) is 6.20 Å². The zero-order valence-corrected chi connectivity index (χ0v) is 10.4. The van der Waals surface area contributed by atoms with Crippen molar-refractivity contribution in [2.75, 3.05) is 12.9 Å². The molecule has 0 radical (unpaired) electrons. The zero-order valence-electron chi connectivity index (χ0n) is 8.77. The van der Waals surface area contributed by atoms with E-state index in [0.29, 0.717) is 15.6 Å². The average Bonchev–Trinajstić information content (AvgIpc) is 2.71. The molecule has 0 fully saturated rings. The Balaban J connectivity index is 2.58. The summed E-state index contributed by atoms with van der Waals surface area (Å²) in [6, 6.07) is 0. The number of ether oxygens (including phenoxy) is 1. The van der Waals surface area contributed by atoms with E-state index >= 15 is 0 Å². The first-order valence-electron chi connectivity index (χ1n) is 4.30. The van der Waals surface area contributed by atoms with Gasteiger partial charge in [0.15, 0.2) is 10.1 Å². The van der Waals surface area contributed by atoms with Crippen LogP contribution in [0.5, 0.6) is 0 Å². The molecule has 0 unspecified atom stereocenters. The van der Waals surface area contributed by atoms with E-state index in [9.17, 15) is 9.59 Å². The first-order chi connectivity index (χ1) is 7.63. The molecule has 16 heavy (non-hydrogen) atoms. The van der Waals surface area contributed by atoms with E-state index in [1.165, 1.54) is 31.6 Å². The maximum Gasteiger partial charge on any atom is 0.349 e. The van der Waals surface area contributed by atoms with Crippen LogP contribution in [0, 0.1) is 11.8 Å². The van der Waals surface area contributed by atoms with E-state index in [0.717, 1.165) is 11.8 Å². The van der Waals surface area contributed by atoms with E-state index in [4.69, 9.17) is 0 Å². The Kier molecular flexibility index (Phi) is 5.02. The highest BCUT2D eigenvalue weighted by Gasteiger charge is 2.08. The number of thioether (sulfide) groups is 1. The van der Waals surface area contributed by atoms with Gasteiger partial charge < -0.3 is 4.74 Å². The van der Waals surface area contributed by atoms with Gasteiger partial charge in [-0.25, -0.2) is 9.78 Å². The van der Waals surface area contributed by atoms with Crippen LogP contribution in [-0.4, -0.2) is 28.9 Å². The number of thiazole rings is 1. The predicted molar refractivity (Wildman–Crippen MR) is 63.5 cm³/mol. The summed E-state index contributed by atoms with van der Waals surface area (Å²) in [4.78, 5) is 26.1. The van der Waals surface area contributed by atoms with E-state index in [1.54, 1.807) is 0 Å². The number of methoxy groups -OCH3 is 1. The molecule has 0 saturated heterocycles. The number of hydrogen-bond donors (Lipinski definition) is 0. The summed E-state index contributed by atoms with van der Waals surface area (Å²) < 4.78 is 4.54. The van der Waals surface area contributed by atoms with Crippen molar-refractivity contribution in [2.24, 2.45) is 0 Å². The highest BCUT2D eigenvalue weighted by molar-refractivity contribution is 8.13. The number of carbonyl (C=O) groups is 2. The van der Waals surface area contributed by atoms with Crippen LogP contribution in [0.25, 0.3) is 0 Å². The normalized spacial score (nSPS) is 9.12. The fraction of sp³-hybridized carbons (Fsp3) is 0.300. The van der Waals surface area contributed by atoms with Crippen molar-refractivity contribution in [1.82, 2.24) is 4.98 Å². The lowest BCUT2D eigenvalue weighted by molar-refractivity contribution is -0.109. The summed E-state index contributed by atoms with van der Waals surface area (Å²) in [5.41, 5.74) is 0. The first-order valence-corrected chi connectivity index (χ1v) is 6.10. The van der Waals surface area contributed by atoms with Crippen molar-refractivity contribution in [1.29, 1.82) is 0 Å². The second-order valence-corrected chi connectivity index (χ2v) is 4.79. The second kappa shape index (κ2) is 6.30. The summed E-state index contributed by atoms with van der Waals surface area (Å²) >= 11 is 2.31. The molecule has 4 nitrogen and oxygen atoms in total. The lowest BCUT2D eigenvalue weighted by Crippen LogP contribution is -1.96. The number of rotatable bonds is 2. The average molecular weight is 255 g/mol. The minimum atomic E-state index is -0.413. The third-order valence-corrected chi connectivity index (χ3v) is 3.02. The minimum Gasteiger partial charge on any atom is -0.465 e. The number of nitrogens with zero attached hydrogens (tertiary/aromatic N) is 1. The van der Waals surface area contributed by atoms with Gasteiger partial charge in [-0.1, -0.05) is 29.0 Å². The molecule has 0 amide bonds. The molecule has 6 heteroatoms. The molecule has 0 saturated carbocycles. The topological polar surface area (TPSA) is 56.3 Å². The molecule has 1 heterocycles. The summed E-state index contributed by atoms with van der Waals surface area (Å²) in [6.45, 7) is 1.49. The molecule has 0 aliphatic rings. The van der Waals surface area contributed by atoms with Crippen LogP contribution in [0.4, 0.5) is 0 Å². The fourth-order valence-electron chi connectivity index (χ4n) is 0.776. The Morgan fingerprint density at radius 3 is 3.00 bits per heavy atom. The SMILES string of the molecule is COC(=O)c1cnc(C#CCSC(C)=O)s1. The second-order valence-electron chi connectivity index (χ2n) is 2.60. The maximum absolute atomic E-state index is 11.1. The Labute approximate surface area is 101 Å². The van der Waals surface area contributed by atoms with E-state index < -0.39 is 5.97 Å². The molecular weight excluding hydrogens is 246 g/mol. The molecule has 0 N–H and O–H groups in total. The third-order valence-electron chi connectivity index (χ3n) is 1.44. The van der Waals surface area contributed by atoms with Gasteiger partial charge in [-0.15, -0.1) is 0 Å². The van der Waals surface area contributed by atoms with E-state index in [1.807, 2.05) is 0 Å². The predicted octanol–water partition coefficient (Wildman–Crippen LogP) is 1.56. The molecule has 0 atom stereocenters. The maximum atomic E-state index is 11.1. The molecule has 1 aromatic heterocycles. The third kappa shape index (κ3) is 4.04. The number of aromatic nitrogens is 1. The largest absolute Gasteiger partial charge is 0.465 e. The van der Waals surface area contributed by atoms with Crippen LogP contribution in [0.3, 0.4) is 0 Å². The first kappa shape index (κ1) is 12.7. The zero-order chi connectivity index (χ0) is 12.0. The smallest absolute Gasteiger partial charge is 0.349 e. The van der Waals surface area contributed by atoms with Crippen LogP contribution in [-0.2, 0) is 9.53 Å². The van der Waals surface area contributed by atoms with Gasteiger partial charge in [0, 0.05) is 6.92 Å². The quantitative estimate of drug-likeness (QED) is 0.593. The van der Waals surface area contributed by atoms with Gasteiger partial charge in [0.05, 0.1) is 19.1 Å². The highest BCUT2D eigenvalue weighted by atomic mass is 32.2. The molecule has 0 bridgehead atoms. The molecule has 0 aromatic carbocycles. The van der Waals surface area contributed by atoms with Crippen molar-refractivity contribution in [2.45, 2.75) is 6.92 Å². The summed E-state index contributed by atoms with van der Waals surface area (Å²) in [6.07, 6.45) is 1.43. The van der Waals surface area contributed by atoms with Crippen molar-refractivity contribution < 1.29 is 14.3 Å². The summed E-state index contributed by atoms with van der Waals surface area (Å²) in [5.74, 6) is 5.59. The van der Waals surface area contributed by atoms with Crippen molar-refractivity contribution in [3.8, 4) is 11.8 Å². The van der Waals surface area contributed by atoms with Crippen LogP contribution < -0.4 is 0 Å². The number of carbonyl (C=O) groups excluding carboxylic acids is 2. The van der Waals surface area contributed by atoms with Crippen molar-refractivity contribution in [3.63, 3.8) is 0 Å². The summed E-state index contributed by atoms with van der Waals surface area (Å²) in [7, 11) is 1.32. The van der Waals surface area contributed by atoms with Gasteiger partial charge in [0.2, 0.25) is 0 Å². The van der Waals surface area contributed by atoms with Gasteiger partial charge in [0.25, 0.3) is 0 Å². The molecule has 84 valence electrons. The van der Waals surface area contributed by atoms with Gasteiger partial charge >= 0.3 is 5.97 Å². The number of esters is 1. The van der Waals surface area contributed by atoms with E-state index in [2.05, 4.69) is 21.6 Å². The molecule has 0 aliphatic heterocycles. The van der Waals surface area contributed by atoms with Crippen molar-refractivity contribution >= 4 is 34.2 Å². The van der Waals surface area contributed by atoms with E-state index in [-0.39, 0.29) is 5.12 Å². The molecule has 0 aliphatic carbocycles. The monoisotopic (exact) mass is 255 g/mol.